The smallest absolute Gasteiger partial charge is 0.228 e. The summed E-state index contributed by atoms with van der Waals surface area (Å²) >= 11 is 1.66. The molecule has 0 aliphatic heterocycles. The maximum absolute atomic E-state index is 12.6. The van der Waals surface area contributed by atoms with Gasteiger partial charge in [0.2, 0.25) is 5.91 Å². The van der Waals surface area contributed by atoms with E-state index in [9.17, 15) is 4.79 Å². The van der Waals surface area contributed by atoms with E-state index in [1.807, 2.05) is 54.6 Å². The first-order valence-corrected chi connectivity index (χ1v) is 13.3. The van der Waals surface area contributed by atoms with Crippen LogP contribution in [0.2, 0.25) is 0 Å². The van der Waals surface area contributed by atoms with Crippen LogP contribution in [0.1, 0.15) is 5.56 Å². The molecule has 0 spiro atoms. The normalized spacial score (nSPS) is 11.3. The van der Waals surface area contributed by atoms with Gasteiger partial charge in [0.1, 0.15) is 5.69 Å². The summed E-state index contributed by atoms with van der Waals surface area (Å²) in [6.45, 7) is 0. The number of pyridine rings is 2. The molecule has 0 aliphatic carbocycles. The van der Waals surface area contributed by atoms with Gasteiger partial charge >= 0.3 is 0 Å². The Morgan fingerprint density at radius 3 is 2.72 bits per heavy atom. The topological polar surface area (TPSA) is 112 Å². The van der Waals surface area contributed by atoms with Gasteiger partial charge in [-0.1, -0.05) is 42.5 Å². The highest BCUT2D eigenvalue weighted by Gasteiger charge is 2.16. The lowest BCUT2D eigenvalue weighted by Crippen LogP contribution is -2.14. The number of hydrogen-bond donors (Lipinski definition) is 3. The van der Waals surface area contributed by atoms with E-state index in [1.165, 1.54) is 0 Å². The molecule has 8 nitrogen and oxygen atoms in total. The molecule has 7 aromatic rings. The lowest BCUT2D eigenvalue weighted by molar-refractivity contribution is -0.115. The van der Waals surface area contributed by atoms with Crippen molar-refractivity contribution in [1.82, 2.24) is 30.1 Å². The third-order valence-electron chi connectivity index (χ3n) is 6.54. The maximum atomic E-state index is 12.6. The van der Waals surface area contributed by atoms with Gasteiger partial charge in [0.15, 0.2) is 5.82 Å². The van der Waals surface area contributed by atoms with Crippen molar-refractivity contribution in [1.29, 1.82) is 0 Å². The van der Waals surface area contributed by atoms with Gasteiger partial charge in [-0.15, -0.1) is 0 Å². The zero-order valence-corrected chi connectivity index (χ0v) is 21.4. The number of hydrogen-bond acceptors (Lipinski definition) is 6. The summed E-state index contributed by atoms with van der Waals surface area (Å²) in [6, 6.07) is 21.7. The molecule has 0 fully saturated rings. The number of aromatic nitrogens is 6. The average Bonchev–Trinajstić information content (AvgIpc) is 3.73. The van der Waals surface area contributed by atoms with Gasteiger partial charge in [-0.25, -0.2) is 4.98 Å². The van der Waals surface area contributed by atoms with Crippen LogP contribution >= 0.6 is 11.3 Å². The molecule has 0 aliphatic rings. The number of imidazole rings is 1. The van der Waals surface area contributed by atoms with E-state index in [2.05, 4.69) is 53.4 Å². The van der Waals surface area contributed by atoms with E-state index in [0.29, 0.717) is 29.3 Å². The Labute approximate surface area is 226 Å². The second-order valence-electron chi connectivity index (χ2n) is 9.16. The number of carbonyl (C=O) groups excluding carboxylic acids is 1. The van der Waals surface area contributed by atoms with Gasteiger partial charge in [-0.05, 0) is 46.2 Å². The second-order valence-corrected chi connectivity index (χ2v) is 9.94. The van der Waals surface area contributed by atoms with Crippen molar-refractivity contribution in [3.63, 3.8) is 0 Å². The van der Waals surface area contributed by atoms with E-state index < -0.39 is 0 Å². The molecule has 0 unspecified atom stereocenters. The number of para-hydroxylation sites is 1. The molecule has 5 aromatic heterocycles. The van der Waals surface area contributed by atoms with Gasteiger partial charge in [-0.3, -0.25) is 19.9 Å². The van der Waals surface area contributed by atoms with Crippen LogP contribution in [-0.2, 0) is 11.2 Å². The molecule has 0 bridgehead atoms. The summed E-state index contributed by atoms with van der Waals surface area (Å²) in [4.78, 5) is 29.9. The van der Waals surface area contributed by atoms with E-state index in [-0.39, 0.29) is 5.91 Å². The number of carbonyl (C=O) groups is 1. The molecule has 39 heavy (non-hydrogen) atoms. The van der Waals surface area contributed by atoms with Gasteiger partial charge in [-0.2, -0.15) is 16.4 Å². The summed E-state index contributed by atoms with van der Waals surface area (Å²) in [6.07, 6.45) is 5.41. The molecule has 7 rings (SSSR count). The minimum atomic E-state index is -0.104. The Morgan fingerprint density at radius 1 is 0.923 bits per heavy atom. The zero-order valence-electron chi connectivity index (χ0n) is 20.6. The number of fused-ring (bicyclic) bond motifs is 2. The molecule has 5 heterocycles. The summed E-state index contributed by atoms with van der Waals surface area (Å²) in [5.41, 5.74) is 8.64. The van der Waals surface area contributed by atoms with Crippen LogP contribution in [-0.4, -0.2) is 36.0 Å². The molecule has 2 aromatic carbocycles. The Balaban J connectivity index is 1.21. The van der Waals surface area contributed by atoms with Crippen LogP contribution in [0.3, 0.4) is 0 Å². The van der Waals surface area contributed by atoms with E-state index >= 15 is 0 Å². The largest absolute Gasteiger partial charge is 0.337 e. The zero-order chi connectivity index (χ0) is 26.2. The van der Waals surface area contributed by atoms with E-state index in [0.717, 1.165) is 44.2 Å². The van der Waals surface area contributed by atoms with Crippen LogP contribution in [0.25, 0.3) is 55.8 Å². The Hall–Kier alpha value is -5.15. The van der Waals surface area contributed by atoms with Crippen molar-refractivity contribution in [3.05, 3.63) is 102 Å². The quantitative estimate of drug-likeness (QED) is 0.229. The van der Waals surface area contributed by atoms with Crippen LogP contribution < -0.4 is 5.32 Å². The number of rotatable bonds is 6. The number of amides is 1. The number of anilines is 1. The number of nitrogens with one attached hydrogen (secondary N) is 3. The molecule has 0 saturated carbocycles. The molecular formula is C30H21N7OS. The van der Waals surface area contributed by atoms with Gasteiger partial charge in [0.05, 0.1) is 46.7 Å². The van der Waals surface area contributed by atoms with Crippen molar-refractivity contribution in [2.75, 3.05) is 5.32 Å². The van der Waals surface area contributed by atoms with Crippen molar-refractivity contribution in [2.24, 2.45) is 0 Å². The first kappa shape index (κ1) is 23.0. The Kier molecular flexibility index (Phi) is 5.68. The predicted octanol–water partition coefficient (Wildman–Crippen LogP) is 6.47. The summed E-state index contributed by atoms with van der Waals surface area (Å²) in [5, 5.41) is 15.6. The van der Waals surface area contributed by atoms with E-state index in [1.54, 1.807) is 29.9 Å². The van der Waals surface area contributed by atoms with Crippen LogP contribution in [0.15, 0.2) is 96.1 Å². The standard InChI is InChI=1S/C30H21N7OS/c38-27(11-18-5-2-1-3-6-18)33-21-12-20(14-31-15-21)25-13-23-26(16-32-25)36-37-29(23)30-34-24-8-4-7-22(28(24)35-30)19-9-10-39-17-19/h1-10,12-17H,11H2,(H,33,38)(H,34,35)(H,36,37). The SMILES string of the molecule is O=C(Cc1ccccc1)Nc1cncc(-c2cc3c(-c4nc5c(-c6ccsc6)cccc5[nH]4)n[nH]c3cn2)c1. The minimum absolute atomic E-state index is 0.104. The first-order valence-electron chi connectivity index (χ1n) is 12.4. The lowest BCUT2D eigenvalue weighted by atomic mass is 10.1. The Bertz CT molecular complexity index is 1940. The van der Waals surface area contributed by atoms with Gasteiger partial charge in [0, 0.05) is 22.7 Å². The van der Waals surface area contributed by atoms with Crippen molar-refractivity contribution < 1.29 is 4.79 Å². The molecule has 0 atom stereocenters. The summed E-state index contributed by atoms with van der Waals surface area (Å²) in [5.74, 6) is 0.573. The molecule has 188 valence electrons. The predicted molar refractivity (Wildman–Crippen MR) is 154 cm³/mol. The molecule has 0 saturated heterocycles. The fourth-order valence-electron chi connectivity index (χ4n) is 4.68. The van der Waals surface area contributed by atoms with Gasteiger partial charge in [0.25, 0.3) is 0 Å². The highest BCUT2D eigenvalue weighted by molar-refractivity contribution is 7.08. The molecule has 9 heteroatoms. The monoisotopic (exact) mass is 527 g/mol. The highest BCUT2D eigenvalue weighted by Crippen LogP contribution is 2.33. The average molecular weight is 528 g/mol. The number of aromatic amines is 2. The Morgan fingerprint density at radius 2 is 1.85 bits per heavy atom. The van der Waals surface area contributed by atoms with Crippen LogP contribution in [0.5, 0.6) is 0 Å². The number of thiophene rings is 1. The fraction of sp³-hybridized carbons (Fsp3) is 0.0333. The maximum Gasteiger partial charge on any atom is 0.228 e. The number of nitrogens with zero attached hydrogens (tertiary/aromatic N) is 4. The minimum Gasteiger partial charge on any atom is -0.337 e. The van der Waals surface area contributed by atoms with Crippen molar-refractivity contribution >= 4 is 44.9 Å². The second kappa shape index (κ2) is 9.62. The number of benzene rings is 2. The molecule has 0 radical (unpaired) electrons. The first-order chi connectivity index (χ1) is 19.2. The van der Waals surface area contributed by atoms with Crippen molar-refractivity contribution in [2.45, 2.75) is 6.42 Å². The third kappa shape index (κ3) is 4.45. The molecule has 3 N–H and O–H groups in total. The van der Waals surface area contributed by atoms with Crippen molar-refractivity contribution in [3.8, 4) is 33.9 Å². The van der Waals surface area contributed by atoms with Gasteiger partial charge < -0.3 is 10.3 Å². The highest BCUT2D eigenvalue weighted by atomic mass is 32.1. The number of H-pyrrole nitrogens is 2. The summed E-state index contributed by atoms with van der Waals surface area (Å²) < 4.78 is 0. The molecule has 1 amide bonds. The van der Waals surface area contributed by atoms with Crippen LogP contribution in [0.4, 0.5) is 5.69 Å². The van der Waals surface area contributed by atoms with E-state index in [4.69, 9.17) is 4.98 Å². The summed E-state index contributed by atoms with van der Waals surface area (Å²) in [7, 11) is 0. The third-order valence-corrected chi connectivity index (χ3v) is 7.22. The molecular weight excluding hydrogens is 506 g/mol. The van der Waals surface area contributed by atoms with Crippen LogP contribution in [0, 0.1) is 0 Å². The lowest BCUT2D eigenvalue weighted by Gasteiger charge is -2.07. The fourth-order valence-corrected chi connectivity index (χ4v) is 5.34.